The van der Waals surface area contributed by atoms with E-state index in [1.165, 1.54) is 7.11 Å². The third-order valence-corrected chi connectivity index (χ3v) is 2.22. The highest BCUT2D eigenvalue weighted by molar-refractivity contribution is 6.27. The standard InChI is InChI=1S/C9H15FN2O.C2H2O4/c1-12-5-3-4-8(7-12)9(6-10)11-13-2;3-1(4)2(5)6/h4H,3,5-7H2,1-2H3;(H,3,4)(H,5,6)/b11-9+;. The van der Waals surface area contributed by atoms with Gasteiger partial charge in [-0.1, -0.05) is 11.2 Å². The van der Waals surface area contributed by atoms with Crippen molar-refractivity contribution >= 4 is 17.7 Å². The SMILES string of the molecule is CO/N=C(\CF)C1=CCCN(C)C1.O=C(O)C(=O)O. The minimum atomic E-state index is -1.82. The van der Waals surface area contributed by atoms with E-state index < -0.39 is 18.6 Å². The third-order valence-electron chi connectivity index (χ3n) is 2.22. The number of hydrogen-bond acceptors (Lipinski definition) is 5. The normalized spacial score (nSPS) is 15.9. The minimum Gasteiger partial charge on any atom is -0.473 e. The van der Waals surface area contributed by atoms with Crippen molar-refractivity contribution in [2.45, 2.75) is 6.42 Å². The first-order valence-electron chi connectivity index (χ1n) is 5.42. The lowest BCUT2D eigenvalue weighted by atomic mass is 10.1. The lowest BCUT2D eigenvalue weighted by Crippen LogP contribution is -2.29. The number of carboxylic acids is 2. The quantitative estimate of drug-likeness (QED) is 0.439. The van der Waals surface area contributed by atoms with Crippen LogP contribution >= 0.6 is 0 Å². The molecule has 1 rings (SSSR count). The molecule has 8 heteroatoms. The van der Waals surface area contributed by atoms with E-state index >= 15 is 0 Å². The Hall–Kier alpha value is -1.96. The van der Waals surface area contributed by atoms with E-state index in [1.807, 2.05) is 13.1 Å². The second-order valence-electron chi connectivity index (χ2n) is 3.72. The topological polar surface area (TPSA) is 99.4 Å². The number of halogens is 1. The summed E-state index contributed by atoms with van der Waals surface area (Å²) >= 11 is 0. The van der Waals surface area contributed by atoms with Gasteiger partial charge in [0.25, 0.3) is 0 Å². The molecule has 0 unspecified atom stereocenters. The summed E-state index contributed by atoms with van der Waals surface area (Å²) < 4.78 is 12.5. The van der Waals surface area contributed by atoms with Gasteiger partial charge in [-0.05, 0) is 19.0 Å². The number of hydrogen-bond donors (Lipinski definition) is 2. The van der Waals surface area contributed by atoms with Crippen LogP contribution in [0.1, 0.15) is 6.42 Å². The molecule has 0 atom stereocenters. The van der Waals surface area contributed by atoms with Gasteiger partial charge in [0.2, 0.25) is 0 Å². The van der Waals surface area contributed by atoms with Gasteiger partial charge in [-0.25, -0.2) is 14.0 Å². The zero-order valence-corrected chi connectivity index (χ0v) is 10.8. The molecule has 0 aromatic rings. The lowest BCUT2D eigenvalue weighted by molar-refractivity contribution is -0.159. The van der Waals surface area contributed by atoms with Crippen LogP contribution in [0.4, 0.5) is 4.39 Å². The summed E-state index contributed by atoms with van der Waals surface area (Å²) in [5.74, 6) is -3.65. The number of rotatable bonds is 3. The Bertz CT molecular complexity index is 369. The molecule has 0 aromatic carbocycles. The molecule has 1 heterocycles. The zero-order chi connectivity index (χ0) is 14.8. The van der Waals surface area contributed by atoms with Gasteiger partial charge in [-0.3, -0.25) is 0 Å². The molecule has 1 aliphatic rings. The Balaban J connectivity index is 0.000000459. The molecule has 19 heavy (non-hydrogen) atoms. The van der Waals surface area contributed by atoms with E-state index in [9.17, 15) is 4.39 Å². The summed E-state index contributed by atoms with van der Waals surface area (Å²) in [4.78, 5) is 24.9. The summed E-state index contributed by atoms with van der Waals surface area (Å²) in [5.41, 5.74) is 1.35. The summed E-state index contributed by atoms with van der Waals surface area (Å²) in [6, 6.07) is 0. The van der Waals surface area contributed by atoms with E-state index in [4.69, 9.17) is 19.8 Å². The zero-order valence-electron chi connectivity index (χ0n) is 10.8. The van der Waals surface area contributed by atoms with Gasteiger partial charge in [0.05, 0.1) is 0 Å². The Kier molecular flexibility index (Phi) is 8.10. The molecule has 0 saturated carbocycles. The largest absolute Gasteiger partial charge is 0.473 e. The fourth-order valence-corrected chi connectivity index (χ4v) is 1.38. The first-order chi connectivity index (χ1) is 8.92. The van der Waals surface area contributed by atoms with Crippen LogP contribution in [0.2, 0.25) is 0 Å². The van der Waals surface area contributed by atoms with E-state index in [0.29, 0.717) is 5.71 Å². The predicted octanol–water partition coefficient (Wildman–Crippen LogP) is 0.376. The second-order valence-corrected chi connectivity index (χ2v) is 3.72. The molecular formula is C11H17FN2O5. The summed E-state index contributed by atoms with van der Waals surface area (Å²) in [5, 5.41) is 18.4. The first kappa shape index (κ1) is 17.0. The molecule has 0 fully saturated rings. The Morgan fingerprint density at radius 3 is 2.42 bits per heavy atom. The molecule has 0 amide bonds. The van der Waals surface area contributed by atoms with Gasteiger partial charge in [-0.15, -0.1) is 0 Å². The maximum absolute atomic E-state index is 12.5. The van der Waals surface area contributed by atoms with Gasteiger partial charge in [-0.2, -0.15) is 0 Å². The predicted molar refractivity (Wildman–Crippen MR) is 65.9 cm³/mol. The summed E-state index contributed by atoms with van der Waals surface area (Å²) in [6.07, 6.45) is 2.98. The number of nitrogens with zero attached hydrogens (tertiary/aromatic N) is 2. The van der Waals surface area contributed by atoms with Crippen LogP contribution in [0.5, 0.6) is 0 Å². The second kappa shape index (κ2) is 9.03. The van der Waals surface area contributed by atoms with Crippen LogP contribution in [-0.2, 0) is 14.4 Å². The van der Waals surface area contributed by atoms with Crippen molar-refractivity contribution in [3.05, 3.63) is 11.6 Å². The van der Waals surface area contributed by atoms with Crippen molar-refractivity contribution in [3.8, 4) is 0 Å². The molecule has 108 valence electrons. The van der Waals surface area contributed by atoms with Crippen LogP contribution in [0.25, 0.3) is 0 Å². The number of likely N-dealkylation sites (N-methyl/N-ethyl adjacent to an activating group) is 1. The molecule has 0 aromatic heterocycles. The van der Waals surface area contributed by atoms with Crippen molar-refractivity contribution in [3.63, 3.8) is 0 Å². The molecule has 0 spiro atoms. The lowest BCUT2D eigenvalue weighted by Gasteiger charge is -2.22. The molecule has 7 nitrogen and oxygen atoms in total. The van der Waals surface area contributed by atoms with Crippen molar-refractivity contribution in [2.24, 2.45) is 5.16 Å². The maximum Gasteiger partial charge on any atom is 0.414 e. The van der Waals surface area contributed by atoms with E-state index in [2.05, 4.69) is 14.9 Å². The van der Waals surface area contributed by atoms with Gasteiger partial charge < -0.3 is 20.0 Å². The summed E-state index contributed by atoms with van der Waals surface area (Å²) in [6.45, 7) is 1.22. The van der Waals surface area contributed by atoms with Crippen molar-refractivity contribution in [1.29, 1.82) is 0 Å². The molecular weight excluding hydrogens is 259 g/mol. The molecule has 1 aliphatic heterocycles. The van der Waals surface area contributed by atoms with Crippen molar-refractivity contribution in [2.75, 3.05) is 33.9 Å². The van der Waals surface area contributed by atoms with Crippen molar-refractivity contribution in [1.82, 2.24) is 4.90 Å². The fourth-order valence-electron chi connectivity index (χ4n) is 1.38. The van der Waals surface area contributed by atoms with Crippen LogP contribution in [0.3, 0.4) is 0 Å². The number of oxime groups is 1. The first-order valence-corrected chi connectivity index (χ1v) is 5.42. The smallest absolute Gasteiger partial charge is 0.414 e. The average Bonchev–Trinajstić information content (AvgIpc) is 2.36. The van der Waals surface area contributed by atoms with Gasteiger partial charge in [0, 0.05) is 13.1 Å². The van der Waals surface area contributed by atoms with Crippen LogP contribution < -0.4 is 0 Å². The van der Waals surface area contributed by atoms with E-state index in [-0.39, 0.29) is 0 Å². The minimum absolute atomic E-state index is 0.411. The average molecular weight is 276 g/mol. The number of carbonyl (C=O) groups is 2. The monoisotopic (exact) mass is 276 g/mol. The van der Waals surface area contributed by atoms with E-state index in [1.54, 1.807) is 0 Å². The molecule has 0 aliphatic carbocycles. The molecule has 2 N–H and O–H groups in total. The van der Waals surface area contributed by atoms with Crippen LogP contribution in [0, 0.1) is 0 Å². The molecule has 0 radical (unpaired) electrons. The number of alkyl halides is 1. The Morgan fingerprint density at radius 1 is 1.47 bits per heavy atom. The van der Waals surface area contributed by atoms with Gasteiger partial charge >= 0.3 is 11.9 Å². The number of carboxylic acid groups (broad SMARTS) is 2. The number of aliphatic carboxylic acids is 2. The third kappa shape index (κ3) is 7.14. The maximum atomic E-state index is 12.5. The fraction of sp³-hybridized carbons (Fsp3) is 0.545. The van der Waals surface area contributed by atoms with Gasteiger partial charge in [0.1, 0.15) is 19.5 Å². The highest BCUT2D eigenvalue weighted by Crippen LogP contribution is 2.10. The summed E-state index contributed by atoms with van der Waals surface area (Å²) in [7, 11) is 3.44. The van der Waals surface area contributed by atoms with Crippen LogP contribution in [-0.4, -0.2) is 66.7 Å². The Morgan fingerprint density at radius 2 is 2.05 bits per heavy atom. The highest BCUT2D eigenvalue weighted by atomic mass is 19.1. The van der Waals surface area contributed by atoms with Crippen molar-refractivity contribution < 1.29 is 29.0 Å². The van der Waals surface area contributed by atoms with Gasteiger partial charge in [0.15, 0.2) is 0 Å². The Labute approximate surface area is 109 Å². The molecule has 0 bridgehead atoms. The van der Waals surface area contributed by atoms with Crippen LogP contribution in [0.15, 0.2) is 16.8 Å². The molecule has 0 saturated heterocycles. The highest BCUT2D eigenvalue weighted by Gasteiger charge is 2.13. The van der Waals surface area contributed by atoms with E-state index in [0.717, 1.165) is 25.1 Å².